The molecule has 1 aliphatic heterocycles. The van der Waals surface area contributed by atoms with Gasteiger partial charge in [-0.05, 0) is 24.3 Å². The highest BCUT2D eigenvalue weighted by atomic mass is 32.2. The summed E-state index contributed by atoms with van der Waals surface area (Å²) in [4.78, 5) is 25.7. The Hall–Kier alpha value is -1.89. The van der Waals surface area contributed by atoms with Crippen molar-refractivity contribution in [1.82, 2.24) is 4.90 Å². The van der Waals surface area contributed by atoms with E-state index in [-0.39, 0.29) is 37.6 Å². The second kappa shape index (κ2) is 7.56. The molecule has 0 aromatic heterocycles. The molecule has 1 fully saturated rings. The van der Waals surface area contributed by atoms with E-state index in [0.29, 0.717) is 0 Å². The molecule has 1 heterocycles. The quantitative estimate of drug-likeness (QED) is 0.826. The van der Waals surface area contributed by atoms with E-state index in [1.807, 2.05) is 6.07 Å². The molecule has 0 unspecified atom stereocenters. The van der Waals surface area contributed by atoms with Crippen molar-refractivity contribution in [3.8, 4) is 0 Å². The summed E-state index contributed by atoms with van der Waals surface area (Å²) in [5.41, 5.74) is -0.295. The smallest absolute Gasteiger partial charge is 0.314 e. The number of piperidine rings is 1. The lowest BCUT2D eigenvalue weighted by molar-refractivity contribution is -0.148. The van der Waals surface area contributed by atoms with Crippen LogP contribution in [0.15, 0.2) is 30.3 Å². The van der Waals surface area contributed by atoms with Crippen molar-refractivity contribution in [1.29, 1.82) is 0 Å². The normalized spacial score (nSPS) is 17.5. The number of carbonyl (C=O) groups is 2. The number of sulfone groups is 1. The first kappa shape index (κ1) is 19.4. The molecule has 0 bridgehead atoms. The van der Waals surface area contributed by atoms with Crippen LogP contribution in [0, 0.1) is 5.92 Å². The Morgan fingerprint density at radius 3 is 2.20 bits per heavy atom. The molecule has 1 aromatic carbocycles. The zero-order valence-electron chi connectivity index (χ0n) is 14.6. The Bertz CT molecular complexity index is 719. The van der Waals surface area contributed by atoms with E-state index in [1.165, 1.54) is 4.90 Å². The van der Waals surface area contributed by atoms with Crippen molar-refractivity contribution in [3.05, 3.63) is 35.9 Å². The fourth-order valence-corrected chi connectivity index (χ4v) is 5.06. The lowest BCUT2D eigenvalue weighted by atomic mass is 9.73. The van der Waals surface area contributed by atoms with Gasteiger partial charge in [-0.15, -0.1) is 0 Å². The van der Waals surface area contributed by atoms with Crippen LogP contribution >= 0.6 is 0 Å². The van der Waals surface area contributed by atoms with Crippen LogP contribution in [0.1, 0.15) is 32.3 Å². The van der Waals surface area contributed by atoms with Crippen molar-refractivity contribution in [2.75, 3.05) is 24.6 Å². The summed E-state index contributed by atoms with van der Waals surface area (Å²) in [5, 5.41) is 9.75. The lowest BCUT2D eigenvalue weighted by Crippen LogP contribution is -2.50. The summed E-state index contributed by atoms with van der Waals surface area (Å²) in [6, 6.07) is 9.01. The van der Waals surface area contributed by atoms with Crippen LogP contribution in [0.4, 0.5) is 0 Å². The topological polar surface area (TPSA) is 91.8 Å². The molecule has 6 nitrogen and oxygen atoms in total. The third kappa shape index (κ3) is 4.60. The number of carboxylic acids is 1. The molecule has 1 aromatic rings. The van der Waals surface area contributed by atoms with Crippen molar-refractivity contribution in [2.24, 2.45) is 5.92 Å². The third-order valence-electron chi connectivity index (χ3n) is 4.64. The first-order valence-electron chi connectivity index (χ1n) is 8.43. The van der Waals surface area contributed by atoms with Crippen LogP contribution in [0.3, 0.4) is 0 Å². The largest absolute Gasteiger partial charge is 0.481 e. The maximum atomic E-state index is 12.3. The number of hydrogen-bond acceptors (Lipinski definition) is 4. The molecule has 0 aliphatic carbocycles. The zero-order valence-corrected chi connectivity index (χ0v) is 15.5. The highest BCUT2D eigenvalue weighted by molar-refractivity contribution is 7.92. The molecule has 1 amide bonds. The second-order valence-electron chi connectivity index (χ2n) is 7.08. The molecule has 1 aliphatic rings. The Balaban J connectivity index is 2.07. The van der Waals surface area contributed by atoms with Gasteiger partial charge >= 0.3 is 5.97 Å². The number of likely N-dealkylation sites (tertiary alicyclic amines) is 1. The Labute approximate surface area is 148 Å². The van der Waals surface area contributed by atoms with Crippen LogP contribution < -0.4 is 0 Å². The Morgan fingerprint density at radius 2 is 1.72 bits per heavy atom. The van der Waals surface area contributed by atoms with Gasteiger partial charge in [0.05, 0.1) is 11.2 Å². The maximum Gasteiger partial charge on any atom is 0.314 e. The minimum Gasteiger partial charge on any atom is -0.481 e. The maximum absolute atomic E-state index is 12.3. The van der Waals surface area contributed by atoms with Crippen LogP contribution in [-0.2, 0) is 24.8 Å². The third-order valence-corrected chi connectivity index (χ3v) is 6.50. The molecule has 138 valence electrons. The van der Waals surface area contributed by atoms with Gasteiger partial charge in [-0.2, -0.15) is 0 Å². The highest BCUT2D eigenvalue weighted by Gasteiger charge is 2.44. The summed E-state index contributed by atoms with van der Waals surface area (Å²) < 4.78 is 24.0. The first-order chi connectivity index (χ1) is 11.7. The number of aliphatic carboxylic acids is 1. The van der Waals surface area contributed by atoms with Gasteiger partial charge in [0.25, 0.3) is 0 Å². The fourth-order valence-electron chi connectivity index (χ4n) is 3.37. The van der Waals surface area contributed by atoms with E-state index in [4.69, 9.17) is 0 Å². The van der Waals surface area contributed by atoms with Gasteiger partial charge in [-0.1, -0.05) is 44.2 Å². The van der Waals surface area contributed by atoms with Crippen molar-refractivity contribution < 1.29 is 23.1 Å². The van der Waals surface area contributed by atoms with E-state index in [2.05, 4.69) is 0 Å². The number of rotatable bonds is 6. The van der Waals surface area contributed by atoms with Crippen LogP contribution in [0.5, 0.6) is 0 Å². The van der Waals surface area contributed by atoms with Crippen LogP contribution in [-0.4, -0.2) is 54.9 Å². The van der Waals surface area contributed by atoms with Gasteiger partial charge < -0.3 is 10.0 Å². The van der Waals surface area contributed by atoms with E-state index in [1.54, 1.807) is 38.1 Å². The number of amides is 1. The average Bonchev–Trinajstić information content (AvgIpc) is 2.53. The Kier molecular flexibility index (Phi) is 5.87. The summed E-state index contributed by atoms with van der Waals surface area (Å²) >= 11 is 0. The summed E-state index contributed by atoms with van der Waals surface area (Å²) in [7, 11) is -3.43. The van der Waals surface area contributed by atoms with E-state index in [0.717, 1.165) is 5.56 Å². The predicted octanol–water partition coefficient (Wildman–Crippen LogP) is 1.70. The number of benzene rings is 1. The van der Waals surface area contributed by atoms with Gasteiger partial charge in [-0.25, -0.2) is 8.42 Å². The van der Waals surface area contributed by atoms with Crippen molar-refractivity contribution >= 4 is 21.7 Å². The van der Waals surface area contributed by atoms with Gasteiger partial charge in [0, 0.05) is 13.1 Å². The molecule has 1 N–H and O–H groups in total. The predicted molar refractivity (Wildman–Crippen MR) is 95.1 cm³/mol. The number of carbonyl (C=O) groups excluding carboxylic acids is 1. The second-order valence-corrected chi connectivity index (χ2v) is 9.19. The minimum atomic E-state index is -3.43. The lowest BCUT2D eigenvalue weighted by Gasteiger charge is -2.39. The minimum absolute atomic E-state index is 0.0182. The average molecular weight is 367 g/mol. The van der Waals surface area contributed by atoms with Gasteiger partial charge in [0.15, 0.2) is 9.84 Å². The molecule has 2 rings (SSSR count). The molecular formula is C18H25NO5S. The van der Waals surface area contributed by atoms with Crippen LogP contribution in [0.25, 0.3) is 0 Å². The summed E-state index contributed by atoms with van der Waals surface area (Å²) in [6.07, 6.45) is 0.560. The van der Waals surface area contributed by atoms with E-state index >= 15 is 0 Å². The summed E-state index contributed by atoms with van der Waals surface area (Å²) in [5.74, 6) is -1.89. The fraction of sp³-hybridized carbons (Fsp3) is 0.556. The van der Waals surface area contributed by atoms with Crippen LogP contribution in [0.2, 0.25) is 0 Å². The molecular weight excluding hydrogens is 342 g/mol. The Morgan fingerprint density at radius 1 is 1.16 bits per heavy atom. The SMILES string of the molecule is CC(C)CS(=O)(=O)CC(=O)N1CCC(C(=O)O)(c2ccccc2)CC1. The van der Waals surface area contributed by atoms with Crippen molar-refractivity contribution in [2.45, 2.75) is 32.1 Å². The van der Waals surface area contributed by atoms with Gasteiger partial charge in [0.2, 0.25) is 5.91 Å². The molecule has 0 spiro atoms. The summed E-state index contributed by atoms with van der Waals surface area (Å²) in [6.45, 7) is 4.09. The molecule has 0 radical (unpaired) electrons. The molecule has 0 atom stereocenters. The van der Waals surface area contributed by atoms with E-state index < -0.39 is 32.9 Å². The van der Waals surface area contributed by atoms with E-state index in [9.17, 15) is 23.1 Å². The van der Waals surface area contributed by atoms with Crippen molar-refractivity contribution in [3.63, 3.8) is 0 Å². The number of hydrogen-bond donors (Lipinski definition) is 1. The number of nitrogens with zero attached hydrogens (tertiary/aromatic N) is 1. The number of carboxylic acid groups (broad SMARTS) is 1. The zero-order chi connectivity index (χ0) is 18.7. The standard InChI is InChI=1S/C18H25NO5S/c1-14(2)12-25(23,24)13-16(20)19-10-8-18(9-11-19,17(21)22)15-6-4-3-5-7-15/h3-7,14H,8-13H2,1-2H3,(H,21,22). The van der Waals surface area contributed by atoms with Gasteiger partial charge in [0.1, 0.15) is 5.75 Å². The monoisotopic (exact) mass is 367 g/mol. The highest BCUT2D eigenvalue weighted by Crippen LogP contribution is 2.36. The molecule has 7 heteroatoms. The van der Waals surface area contributed by atoms with Gasteiger partial charge in [-0.3, -0.25) is 9.59 Å². The molecule has 1 saturated heterocycles. The first-order valence-corrected chi connectivity index (χ1v) is 10.3. The molecule has 0 saturated carbocycles. The molecule has 25 heavy (non-hydrogen) atoms.